The van der Waals surface area contributed by atoms with Crippen LogP contribution in [0.4, 0.5) is 0 Å². The third-order valence-electron chi connectivity index (χ3n) is 2.66. The number of rotatable bonds is 2. The quantitative estimate of drug-likeness (QED) is 0.807. The molecule has 0 aliphatic rings. The minimum Gasteiger partial charge on any atom is -0.338 e. The maximum atomic E-state index is 11.9. The van der Waals surface area contributed by atoms with E-state index in [1.807, 2.05) is 27.7 Å². The highest BCUT2D eigenvalue weighted by Crippen LogP contribution is 2.18. The van der Waals surface area contributed by atoms with E-state index in [4.69, 9.17) is 12.2 Å². The van der Waals surface area contributed by atoms with E-state index in [0.717, 1.165) is 11.3 Å². The van der Waals surface area contributed by atoms with Gasteiger partial charge in [-0.15, -0.1) is 0 Å². The van der Waals surface area contributed by atoms with Crippen molar-refractivity contribution in [2.45, 2.75) is 39.7 Å². The number of imidazole rings is 1. The maximum Gasteiger partial charge on any atom is 0.328 e. The zero-order chi connectivity index (χ0) is 12.7. The van der Waals surface area contributed by atoms with E-state index in [1.165, 1.54) is 0 Å². The van der Waals surface area contributed by atoms with Gasteiger partial charge in [0.15, 0.2) is 5.65 Å². The summed E-state index contributed by atoms with van der Waals surface area (Å²) in [6.45, 7) is 7.98. The van der Waals surface area contributed by atoms with Gasteiger partial charge in [-0.3, -0.25) is 9.55 Å². The second kappa shape index (κ2) is 4.10. The van der Waals surface area contributed by atoms with Crippen LogP contribution in [-0.2, 0) is 0 Å². The normalized spacial score (nSPS) is 11.9. The summed E-state index contributed by atoms with van der Waals surface area (Å²) < 4.78 is 2.04. The number of aromatic nitrogens is 4. The lowest BCUT2D eigenvalue weighted by molar-refractivity contribution is 0.580. The molecule has 6 heteroatoms. The van der Waals surface area contributed by atoms with Crippen molar-refractivity contribution in [3.05, 3.63) is 20.9 Å². The zero-order valence-electron chi connectivity index (χ0n) is 10.4. The molecule has 0 fully saturated rings. The fraction of sp³-hybridized carbons (Fsp3) is 0.545. The first-order valence-corrected chi connectivity index (χ1v) is 6.07. The molecule has 0 atom stereocenters. The number of aromatic amines is 2. The fourth-order valence-electron chi connectivity index (χ4n) is 1.78. The summed E-state index contributed by atoms with van der Waals surface area (Å²) in [7, 11) is 0. The Morgan fingerprint density at radius 2 is 1.88 bits per heavy atom. The lowest BCUT2D eigenvalue weighted by Crippen LogP contribution is -2.25. The molecule has 0 amide bonds. The van der Waals surface area contributed by atoms with Crippen LogP contribution < -0.4 is 5.69 Å². The van der Waals surface area contributed by atoms with Crippen LogP contribution in [0.5, 0.6) is 0 Å². The Hall–Kier alpha value is -1.43. The van der Waals surface area contributed by atoms with E-state index >= 15 is 0 Å². The van der Waals surface area contributed by atoms with Gasteiger partial charge in [-0.05, 0) is 13.8 Å². The van der Waals surface area contributed by atoms with Gasteiger partial charge in [0.1, 0.15) is 16.0 Å². The number of hydrogen-bond donors (Lipinski definition) is 2. The van der Waals surface area contributed by atoms with Crippen LogP contribution in [0, 0.1) is 4.64 Å². The molecule has 0 saturated heterocycles. The van der Waals surface area contributed by atoms with Crippen LogP contribution >= 0.6 is 12.2 Å². The molecule has 0 saturated carbocycles. The minimum absolute atomic E-state index is 0.0418. The summed E-state index contributed by atoms with van der Waals surface area (Å²) in [6.07, 6.45) is 0. The molecule has 0 aliphatic heterocycles. The molecular weight excluding hydrogens is 236 g/mol. The molecule has 2 aromatic heterocycles. The van der Waals surface area contributed by atoms with Gasteiger partial charge < -0.3 is 4.98 Å². The Kier molecular flexibility index (Phi) is 2.91. The first-order chi connectivity index (χ1) is 7.91. The van der Waals surface area contributed by atoms with Gasteiger partial charge in [0, 0.05) is 12.0 Å². The first kappa shape index (κ1) is 12.0. The average Bonchev–Trinajstić information content (AvgIpc) is 2.61. The summed E-state index contributed by atoms with van der Waals surface area (Å²) in [5.41, 5.74) is 1.16. The Labute approximate surface area is 104 Å². The molecule has 2 N–H and O–H groups in total. The fourth-order valence-corrected chi connectivity index (χ4v) is 2.01. The summed E-state index contributed by atoms with van der Waals surface area (Å²) in [6, 6.07) is 0.0418. The molecular formula is C11H16N4OS. The molecule has 0 radical (unpaired) electrons. The third-order valence-corrected chi connectivity index (χ3v) is 2.97. The predicted molar refractivity (Wildman–Crippen MR) is 70.0 cm³/mol. The van der Waals surface area contributed by atoms with Crippen LogP contribution in [0.3, 0.4) is 0 Å². The topological polar surface area (TPSA) is 66.5 Å². The van der Waals surface area contributed by atoms with Crippen molar-refractivity contribution < 1.29 is 0 Å². The lowest BCUT2D eigenvalue weighted by atomic mass is 10.2. The van der Waals surface area contributed by atoms with Crippen LogP contribution in [0.15, 0.2) is 4.79 Å². The molecule has 2 rings (SSSR count). The molecule has 0 aromatic carbocycles. The van der Waals surface area contributed by atoms with E-state index in [2.05, 4.69) is 15.0 Å². The molecule has 5 nitrogen and oxygen atoms in total. The molecule has 92 valence electrons. The number of H-pyrrole nitrogens is 2. The van der Waals surface area contributed by atoms with E-state index in [1.54, 1.807) is 4.57 Å². The number of nitrogens with zero attached hydrogens (tertiary/aromatic N) is 2. The highest BCUT2D eigenvalue weighted by Gasteiger charge is 2.14. The lowest BCUT2D eigenvalue weighted by Gasteiger charge is -2.09. The highest BCUT2D eigenvalue weighted by atomic mass is 32.1. The van der Waals surface area contributed by atoms with Crippen LogP contribution in [0.1, 0.15) is 45.5 Å². The Balaban J connectivity index is 2.91. The molecule has 17 heavy (non-hydrogen) atoms. The van der Waals surface area contributed by atoms with Crippen molar-refractivity contribution in [3.8, 4) is 0 Å². The monoisotopic (exact) mass is 252 g/mol. The van der Waals surface area contributed by atoms with Crippen molar-refractivity contribution in [2.75, 3.05) is 0 Å². The summed E-state index contributed by atoms with van der Waals surface area (Å²) in [5.74, 6) is 1.12. The van der Waals surface area contributed by atoms with Gasteiger partial charge in [-0.1, -0.05) is 26.1 Å². The van der Waals surface area contributed by atoms with Crippen LogP contribution in [-0.4, -0.2) is 19.5 Å². The van der Waals surface area contributed by atoms with E-state index in [0.29, 0.717) is 10.3 Å². The second-order valence-corrected chi connectivity index (χ2v) is 5.11. The van der Waals surface area contributed by atoms with Crippen LogP contribution in [0.2, 0.25) is 0 Å². The highest BCUT2D eigenvalue weighted by molar-refractivity contribution is 7.71. The molecule has 2 aromatic rings. The van der Waals surface area contributed by atoms with Gasteiger partial charge in [-0.2, -0.15) is 0 Å². The van der Waals surface area contributed by atoms with Crippen LogP contribution in [0.25, 0.3) is 11.2 Å². The average molecular weight is 252 g/mol. The maximum absolute atomic E-state index is 11.9. The second-order valence-electron chi connectivity index (χ2n) is 4.70. The van der Waals surface area contributed by atoms with E-state index in [-0.39, 0.29) is 17.6 Å². The standard InChI is InChI=1S/C11H16N4OS/c1-5(2)8-12-7-9(13-8)15(6(3)4)11(16)14-10(7)17/h5-6H,1-4H3,(H,12,13)(H,14,16,17). The zero-order valence-corrected chi connectivity index (χ0v) is 11.2. The molecule has 0 spiro atoms. The Morgan fingerprint density at radius 1 is 1.24 bits per heavy atom. The molecule has 0 aliphatic carbocycles. The number of hydrogen-bond acceptors (Lipinski definition) is 3. The van der Waals surface area contributed by atoms with Gasteiger partial charge in [0.25, 0.3) is 0 Å². The van der Waals surface area contributed by atoms with Crippen molar-refractivity contribution >= 4 is 23.4 Å². The van der Waals surface area contributed by atoms with Crippen molar-refractivity contribution in [3.63, 3.8) is 0 Å². The van der Waals surface area contributed by atoms with Crippen molar-refractivity contribution in [1.82, 2.24) is 19.5 Å². The van der Waals surface area contributed by atoms with Crippen molar-refractivity contribution in [1.29, 1.82) is 0 Å². The molecule has 0 bridgehead atoms. The minimum atomic E-state index is -0.209. The largest absolute Gasteiger partial charge is 0.338 e. The third kappa shape index (κ3) is 1.93. The van der Waals surface area contributed by atoms with Gasteiger partial charge in [-0.25, -0.2) is 9.78 Å². The van der Waals surface area contributed by atoms with Gasteiger partial charge in [0.2, 0.25) is 0 Å². The molecule has 2 heterocycles. The smallest absolute Gasteiger partial charge is 0.328 e. The molecule has 0 unspecified atom stereocenters. The van der Waals surface area contributed by atoms with Gasteiger partial charge >= 0.3 is 5.69 Å². The van der Waals surface area contributed by atoms with Crippen molar-refractivity contribution in [2.24, 2.45) is 0 Å². The predicted octanol–water partition coefficient (Wildman–Crippen LogP) is 2.49. The number of fused-ring (bicyclic) bond motifs is 1. The Bertz CT molecular complexity index is 662. The van der Waals surface area contributed by atoms with Gasteiger partial charge in [0.05, 0.1) is 0 Å². The summed E-state index contributed by atoms with van der Waals surface area (Å²) in [5, 5.41) is 0. The van der Waals surface area contributed by atoms with E-state index < -0.39 is 0 Å². The first-order valence-electron chi connectivity index (χ1n) is 5.66. The van der Waals surface area contributed by atoms with E-state index in [9.17, 15) is 4.79 Å². The Morgan fingerprint density at radius 3 is 2.41 bits per heavy atom. The number of nitrogens with one attached hydrogen (secondary N) is 2. The SMILES string of the molecule is CC(C)c1nc2c([nH]1)c(=S)[nH]c(=O)n2C(C)C. The summed E-state index contributed by atoms with van der Waals surface area (Å²) >= 11 is 5.15. The summed E-state index contributed by atoms with van der Waals surface area (Å²) in [4.78, 5) is 22.2.